The number of hydrogen-bond donors (Lipinski definition) is 1. The Morgan fingerprint density at radius 3 is 2.24 bits per heavy atom. The third-order valence-electron chi connectivity index (χ3n) is 5.84. The number of carbonyl (C=O) groups excluding carboxylic acids is 3. The second-order valence-electron chi connectivity index (χ2n) is 7.45. The molecular formula is C24H16N2O3. The fraction of sp³-hybridized carbons (Fsp3) is 0.167. The van der Waals surface area contributed by atoms with Crippen LogP contribution in [0.5, 0.6) is 0 Å². The topological polar surface area (TPSA) is 87.0 Å². The highest BCUT2D eigenvalue weighted by Gasteiger charge is 2.44. The molecule has 5 heteroatoms. The summed E-state index contributed by atoms with van der Waals surface area (Å²) in [7, 11) is 0. The molecule has 0 spiro atoms. The molecule has 0 saturated heterocycles. The summed E-state index contributed by atoms with van der Waals surface area (Å²) in [6.07, 6.45) is 1.80. The van der Waals surface area contributed by atoms with Gasteiger partial charge in [-0.1, -0.05) is 36.4 Å². The summed E-state index contributed by atoms with van der Waals surface area (Å²) < 4.78 is 0. The molecule has 5 nitrogen and oxygen atoms in total. The van der Waals surface area contributed by atoms with Crippen molar-refractivity contribution in [3.8, 4) is 6.07 Å². The van der Waals surface area contributed by atoms with Crippen LogP contribution in [0.4, 0.5) is 0 Å². The molecule has 0 fully saturated rings. The highest BCUT2D eigenvalue weighted by atomic mass is 16.1. The number of fused-ring (bicyclic) bond motifs is 1. The van der Waals surface area contributed by atoms with Crippen molar-refractivity contribution < 1.29 is 14.4 Å². The zero-order valence-electron chi connectivity index (χ0n) is 15.5. The normalized spacial score (nSPS) is 20.5. The zero-order valence-corrected chi connectivity index (χ0v) is 15.5. The van der Waals surface area contributed by atoms with E-state index in [0.717, 1.165) is 11.3 Å². The Morgan fingerprint density at radius 1 is 0.862 bits per heavy atom. The Kier molecular flexibility index (Phi) is 3.82. The maximum absolute atomic E-state index is 13.4. The molecule has 5 rings (SSSR count). The van der Waals surface area contributed by atoms with Crippen LogP contribution in [0.3, 0.4) is 0 Å². The lowest BCUT2D eigenvalue weighted by atomic mass is 9.70. The standard InChI is InChI=1S/C24H16N2O3/c25-12-13-8-10-14(11-9-13)19-20-17(6-3-7-18(20)27)26-22-21(19)23(28)15-4-1-2-5-16(15)24(22)29/h1-2,4-5,8-11,19,26H,3,6-7H2. The van der Waals surface area contributed by atoms with E-state index in [1.807, 2.05) is 0 Å². The summed E-state index contributed by atoms with van der Waals surface area (Å²) in [6.45, 7) is 0. The quantitative estimate of drug-likeness (QED) is 0.817. The first-order valence-electron chi connectivity index (χ1n) is 9.56. The van der Waals surface area contributed by atoms with Crippen molar-refractivity contribution >= 4 is 17.3 Å². The minimum Gasteiger partial charge on any atom is -0.355 e. The molecule has 1 atom stereocenters. The predicted molar refractivity (Wildman–Crippen MR) is 105 cm³/mol. The van der Waals surface area contributed by atoms with Crippen LogP contribution in [0, 0.1) is 11.3 Å². The molecule has 2 aromatic rings. The Bertz CT molecular complexity index is 1210. The highest BCUT2D eigenvalue weighted by molar-refractivity contribution is 6.28. The van der Waals surface area contributed by atoms with Crippen molar-refractivity contribution in [1.29, 1.82) is 5.26 Å². The number of dihydropyridines is 1. The number of nitrogens with one attached hydrogen (secondary N) is 1. The Hall–Kier alpha value is -3.78. The van der Waals surface area contributed by atoms with E-state index in [0.29, 0.717) is 47.1 Å². The van der Waals surface area contributed by atoms with Crippen molar-refractivity contribution in [1.82, 2.24) is 5.32 Å². The first-order valence-corrected chi connectivity index (χ1v) is 9.56. The zero-order chi connectivity index (χ0) is 20.1. The number of benzene rings is 2. The molecule has 0 bridgehead atoms. The number of Topliss-reactive ketones (excluding diaryl/α,β-unsaturated/α-hetero) is 3. The number of ketones is 3. The summed E-state index contributed by atoms with van der Waals surface area (Å²) in [4.78, 5) is 39.5. The molecule has 2 aliphatic carbocycles. The highest BCUT2D eigenvalue weighted by Crippen LogP contribution is 2.45. The van der Waals surface area contributed by atoms with E-state index < -0.39 is 5.92 Å². The maximum atomic E-state index is 13.4. The number of rotatable bonds is 1. The van der Waals surface area contributed by atoms with Gasteiger partial charge in [0.25, 0.3) is 0 Å². The largest absolute Gasteiger partial charge is 0.355 e. The molecule has 3 aliphatic rings. The van der Waals surface area contributed by atoms with Crippen molar-refractivity contribution in [2.45, 2.75) is 25.2 Å². The van der Waals surface area contributed by atoms with Gasteiger partial charge in [0.2, 0.25) is 5.78 Å². The molecule has 29 heavy (non-hydrogen) atoms. The number of allylic oxidation sites excluding steroid dienone is 4. The van der Waals surface area contributed by atoms with Gasteiger partial charge in [-0.2, -0.15) is 5.26 Å². The van der Waals surface area contributed by atoms with Crippen LogP contribution in [0.15, 0.2) is 71.1 Å². The average molecular weight is 380 g/mol. The lowest BCUT2D eigenvalue weighted by Crippen LogP contribution is -2.40. The Balaban J connectivity index is 1.75. The summed E-state index contributed by atoms with van der Waals surface area (Å²) in [5.74, 6) is -1.06. The van der Waals surface area contributed by atoms with Gasteiger partial charge in [0.15, 0.2) is 11.6 Å². The van der Waals surface area contributed by atoms with Crippen molar-refractivity contribution in [3.05, 3.63) is 93.3 Å². The predicted octanol–water partition coefficient (Wildman–Crippen LogP) is 3.59. The van der Waals surface area contributed by atoms with Crippen LogP contribution in [0.25, 0.3) is 0 Å². The summed E-state index contributed by atoms with van der Waals surface area (Å²) >= 11 is 0. The van der Waals surface area contributed by atoms with E-state index in [1.54, 1.807) is 48.5 Å². The minimum absolute atomic E-state index is 0.00114. The second-order valence-corrected chi connectivity index (χ2v) is 7.45. The molecule has 0 radical (unpaired) electrons. The molecule has 1 heterocycles. The lowest BCUT2D eigenvalue weighted by molar-refractivity contribution is -0.116. The summed E-state index contributed by atoms with van der Waals surface area (Å²) in [6, 6.07) is 15.8. The van der Waals surface area contributed by atoms with Gasteiger partial charge in [-0.25, -0.2) is 0 Å². The van der Waals surface area contributed by atoms with Crippen LogP contribution in [0.1, 0.15) is 57.0 Å². The molecule has 0 amide bonds. The van der Waals surface area contributed by atoms with Gasteiger partial charge < -0.3 is 5.32 Å². The fourth-order valence-corrected chi connectivity index (χ4v) is 4.50. The SMILES string of the molecule is N#Cc1ccc(C2C3=C(CCCC3=O)NC3=C2C(=O)c2ccccc2C3=O)cc1. The van der Waals surface area contributed by atoms with E-state index >= 15 is 0 Å². The van der Waals surface area contributed by atoms with Gasteiger partial charge in [0, 0.05) is 40.3 Å². The van der Waals surface area contributed by atoms with Crippen LogP contribution in [0.2, 0.25) is 0 Å². The van der Waals surface area contributed by atoms with Gasteiger partial charge in [-0.3, -0.25) is 14.4 Å². The molecule has 2 aromatic carbocycles. The number of hydrogen-bond acceptors (Lipinski definition) is 5. The molecule has 1 unspecified atom stereocenters. The first kappa shape index (κ1) is 17.3. The van der Waals surface area contributed by atoms with E-state index in [4.69, 9.17) is 5.26 Å². The molecular weight excluding hydrogens is 364 g/mol. The smallest absolute Gasteiger partial charge is 0.210 e. The molecule has 1 N–H and O–H groups in total. The number of nitrogens with zero attached hydrogens (tertiary/aromatic N) is 1. The van der Waals surface area contributed by atoms with Crippen LogP contribution < -0.4 is 5.32 Å². The van der Waals surface area contributed by atoms with E-state index in [2.05, 4.69) is 11.4 Å². The van der Waals surface area contributed by atoms with Gasteiger partial charge in [0.1, 0.15) is 0 Å². The van der Waals surface area contributed by atoms with E-state index in [9.17, 15) is 14.4 Å². The van der Waals surface area contributed by atoms with Crippen molar-refractivity contribution in [2.75, 3.05) is 0 Å². The van der Waals surface area contributed by atoms with Gasteiger partial charge in [-0.15, -0.1) is 0 Å². The minimum atomic E-state index is -0.605. The van der Waals surface area contributed by atoms with E-state index in [1.165, 1.54) is 0 Å². The molecule has 0 saturated carbocycles. The summed E-state index contributed by atoms with van der Waals surface area (Å²) in [5.41, 5.74) is 3.88. The van der Waals surface area contributed by atoms with Crippen molar-refractivity contribution in [3.63, 3.8) is 0 Å². The Morgan fingerprint density at radius 2 is 1.55 bits per heavy atom. The van der Waals surface area contributed by atoms with Crippen molar-refractivity contribution in [2.24, 2.45) is 0 Å². The second kappa shape index (κ2) is 6.39. The molecule has 1 aliphatic heterocycles. The van der Waals surface area contributed by atoms with Gasteiger partial charge in [-0.05, 0) is 30.5 Å². The summed E-state index contributed by atoms with van der Waals surface area (Å²) in [5, 5.41) is 12.3. The molecule has 0 aromatic heterocycles. The Labute approximate surface area is 167 Å². The third kappa shape index (κ3) is 2.50. The monoisotopic (exact) mass is 380 g/mol. The van der Waals surface area contributed by atoms with E-state index in [-0.39, 0.29) is 23.0 Å². The number of nitriles is 1. The molecule has 140 valence electrons. The lowest BCUT2D eigenvalue weighted by Gasteiger charge is -2.36. The van der Waals surface area contributed by atoms with Gasteiger partial charge >= 0.3 is 0 Å². The van der Waals surface area contributed by atoms with Crippen LogP contribution in [-0.2, 0) is 4.79 Å². The van der Waals surface area contributed by atoms with Crippen LogP contribution in [-0.4, -0.2) is 17.3 Å². The fourth-order valence-electron chi connectivity index (χ4n) is 4.50. The number of carbonyl (C=O) groups is 3. The average Bonchev–Trinajstić information content (AvgIpc) is 2.76. The third-order valence-corrected chi connectivity index (χ3v) is 5.84. The first-order chi connectivity index (χ1) is 14.1. The van der Waals surface area contributed by atoms with Crippen LogP contribution >= 0.6 is 0 Å². The van der Waals surface area contributed by atoms with Gasteiger partial charge in [0.05, 0.1) is 17.3 Å². The maximum Gasteiger partial charge on any atom is 0.210 e.